The maximum atomic E-state index is 13.2. The molecular formula is C17H19F2N5O2. The first-order valence-electron chi connectivity index (χ1n) is 8.24. The number of aromatic nitrogens is 2. The van der Waals surface area contributed by atoms with Gasteiger partial charge in [0.1, 0.15) is 17.8 Å². The van der Waals surface area contributed by atoms with Crippen molar-refractivity contribution in [1.29, 1.82) is 0 Å². The number of hydrogen-bond acceptors (Lipinski definition) is 6. The summed E-state index contributed by atoms with van der Waals surface area (Å²) in [6.45, 7) is 4.77. The number of benzene rings is 1. The van der Waals surface area contributed by atoms with Crippen molar-refractivity contribution in [3.05, 3.63) is 47.9 Å². The molecule has 1 aliphatic heterocycles. The number of halogens is 2. The van der Waals surface area contributed by atoms with Crippen molar-refractivity contribution < 1.29 is 18.3 Å². The second kappa shape index (κ2) is 8.63. The van der Waals surface area contributed by atoms with Gasteiger partial charge < -0.3 is 15.4 Å². The molecule has 2 heterocycles. The van der Waals surface area contributed by atoms with E-state index in [2.05, 4.69) is 25.5 Å². The Labute approximate surface area is 149 Å². The first-order chi connectivity index (χ1) is 12.6. The van der Waals surface area contributed by atoms with E-state index in [1.54, 1.807) is 0 Å². The van der Waals surface area contributed by atoms with Crippen LogP contribution in [0.2, 0.25) is 0 Å². The Morgan fingerprint density at radius 1 is 1.15 bits per heavy atom. The quantitative estimate of drug-likeness (QED) is 0.814. The van der Waals surface area contributed by atoms with Gasteiger partial charge in [0, 0.05) is 44.0 Å². The van der Waals surface area contributed by atoms with Gasteiger partial charge in [0.2, 0.25) is 0 Å². The third-order valence-electron chi connectivity index (χ3n) is 3.92. The Kier molecular flexibility index (Phi) is 6.03. The SMILES string of the molecule is O=C(Nc1ccc(F)c(F)c1)c1cc(NCCN2CCOCC2)ncn1. The minimum atomic E-state index is -1.03. The van der Waals surface area contributed by atoms with Gasteiger partial charge in [-0.25, -0.2) is 18.7 Å². The van der Waals surface area contributed by atoms with Crippen LogP contribution in [0.25, 0.3) is 0 Å². The maximum Gasteiger partial charge on any atom is 0.274 e. The number of ether oxygens (including phenoxy) is 1. The van der Waals surface area contributed by atoms with Crippen molar-refractivity contribution in [2.24, 2.45) is 0 Å². The zero-order valence-corrected chi connectivity index (χ0v) is 14.0. The first kappa shape index (κ1) is 18.2. The molecule has 3 rings (SSSR count). The fraction of sp³-hybridized carbons (Fsp3) is 0.353. The summed E-state index contributed by atoms with van der Waals surface area (Å²) in [5, 5.41) is 5.62. The molecule has 1 aromatic heterocycles. The van der Waals surface area contributed by atoms with Crippen LogP contribution in [-0.4, -0.2) is 60.2 Å². The highest BCUT2D eigenvalue weighted by Crippen LogP contribution is 2.14. The molecule has 0 aliphatic carbocycles. The molecule has 0 bridgehead atoms. The number of rotatable bonds is 6. The van der Waals surface area contributed by atoms with Crippen LogP contribution in [0.3, 0.4) is 0 Å². The second-order valence-corrected chi connectivity index (χ2v) is 5.75. The Morgan fingerprint density at radius 3 is 2.73 bits per heavy atom. The zero-order valence-electron chi connectivity index (χ0n) is 14.0. The predicted molar refractivity (Wildman–Crippen MR) is 92.1 cm³/mol. The van der Waals surface area contributed by atoms with Gasteiger partial charge >= 0.3 is 0 Å². The molecule has 2 N–H and O–H groups in total. The third kappa shape index (κ3) is 4.93. The van der Waals surface area contributed by atoms with Crippen LogP contribution >= 0.6 is 0 Å². The average Bonchev–Trinajstić information content (AvgIpc) is 2.66. The molecule has 0 unspecified atom stereocenters. The minimum Gasteiger partial charge on any atom is -0.379 e. The molecule has 1 saturated heterocycles. The van der Waals surface area contributed by atoms with Gasteiger partial charge in [-0.2, -0.15) is 0 Å². The summed E-state index contributed by atoms with van der Waals surface area (Å²) in [7, 11) is 0. The van der Waals surface area contributed by atoms with Crippen LogP contribution in [0.15, 0.2) is 30.6 Å². The molecule has 26 heavy (non-hydrogen) atoms. The van der Waals surface area contributed by atoms with Crippen LogP contribution < -0.4 is 10.6 Å². The number of nitrogens with zero attached hydrogens (tertiary/aromatic N) is 3. The molecule has 1 aliphatic rings. The van der Waals surface area contributed by atoms with Crippen molar-refractivity contribution in [2.45, 2.75) is 0 Å². The Hall–Kier alpha value is -2.65. The van der Waals surface area contributed by atoms with Gasteiger partial charge in [0.05, 0.1) is 13.2 Å². The summed E-state index contributed by atoms with van der Waals surface area (Å²) in [5.74, 6) is -2.02. The van der Waals surface area contributed by atoms with Crippen LogP contribution in [0.4, 0.5) is 20.3 Å². The second-order valence-electron chi connectivity index (χ2n) is 5.75. The zero-order chi connectivity index (χ0) is 18.4. The van der Waals surface area contributed by atoms with E-state index in [1.807, 2.05) is 0 Å². The summed E-state index contributed by atoms with van der Waals surface area (Å²) < 4.78 is 31.5. The maximum absolute atomic E-state index is 13.2. The summed E-state index contributed by atoms with van der Waals surface area (Å²) in [6, 6.07) is 4.65. The number of anilines is 2. The monoisotopic (exact) mass is 363 g/mol. The van der Waals surface area contributed by atoms with Gasteiger partial charge in [-0.05, 0) is 12.1 Å². The van der Waals surface area contributed by atoms with E-state index < -0.39 is 17.5 Å². The largest absolute Gasteiger partial charge is 0.379 e. The van der Waals surface area contributed by atoms with Crippen LogP contribution in [0.5, 0.6) is 0 Å². The van der Waals surface area contributed by atoms with Gasteiger partial charge in [0.15, 0.2) is 11.6 Å². The molecule has 1 aromatic carbocycles. The lowest BCUT2D eigenvalue weighted by molar-refractivity contribution is 0.0398. The van der Waals surface area contributed by atoms with E-state index in [9.17, 15) is 13.6 Å². The van der Waals surface area contributed by atoms with Gasteiger partial charge in [-0.3, -0.25) is 9.69 Å². The van der Waals surface area contributed by atoms with E-state index in [0.717, 1.165) is 45.0 Å². The van der Waals surface area contributed by atoms with Crippen LogP contribution in [0, 0.1) is 11.6 Å². The lowest BCUT2D eigenvalue weighted by atomic mass is 10.3. The smallest absolute Gasteiger partial charge is 0.274 e. The van der Waals surface area contributed by atoms with Crippen molar-refractivity contribution in [2.75, 3.05) is 50.0 Å². The number of nitrogens with one attached hydrogen (secondary N) is 2. The molecule has 0 spiro atoms. The first-order valence-corrected chi connectivity index (χ1v) is 8.24. The highest BCUT2D eigenvalue weighted by Gasteiger charge is 2.12. The van der Waals surface area contributed by atoms with Crippen molar-refractivity contribution >= 4 is 17.4 Å². The van der Waals surface area contributed by atoms with Crippen molar-refractivity contribution in [1.82, 2.24) is 14.9 Å². The number of carbonyl (C=O) groups is 1. The number of morpholine rings is 1. The standard InChI is InChI=1S/C17H19F2N5O2/c18-13-2-1-12(9-14(13)19)23-17(25)15-10-16(22-11-21-15)20-3-4-24-5-7-26-8-6-24/h1-2,9-11H,3-8H2,(H,23,25)(H,20,21,22). The number of hydrogen-bond donors (Lipinski definition) is 2. The Morgan fingerprint density at radius 2 is 1.96 bits per heavy atom. The molecule has 9 heteroatoms. The molecular weight excluding hydrogens is 344 g/mol. The van der Waals surface area contributed by atoms with Gasteiger partial charge in [-0.1, -0.05) is 0 Å². The molecule has 2 aromatic rings. The van der Waals surface area contributed by atoms with Crippen molar-refractivity contribution in [3.8, 4) is 0 Å². The van der Waals surface area contributed by atoms with E-state index in [4.69, 9.17) is 4.74 Å². The average molecular weight is 363 g/mol. The van der Waals surface area contributed by atoms with E-state index in [0.29, 0.717) is 12.4 Å². The topological polar surface area (TPSA) is 79.4 Å². The fourth-order valence-corrected chi connectivity index (χ4v) is 2.51. The molecule has 138 valence electrons. The lowest BCUT2D eigenvalue weighted by Gasteiger charge is -2.26. The molecule has 7 nitrogen and oxygen atoms in total. The molecule has 1 fully saturated rings. The van der Waals surface area contributed by atoms with Gasteiger partial charge in [0.25, 0.3) is 5.91 Å². The van der Waals surface area contributed by atoms with E-state index >= 15 is 0 Å². The number of carbonyl (C=O) groups excluding carboxylic acids is 1. The van der Waals surface area contributed by atoms with Crippen LogP contribution in [0.1, 0.15) is 10.5 Å². The van der Waals surface area contributed by atoms with Gasteiger partial charge in [-0.15, -0.1) is 0 Å². The third-order valence-corrected chi connectivity index (χ3v) is 3.92. The minimum absolute atomic E-state index is 0.124. The summed E-state index contributed by atoms with van der Waals surface area (Å²) in [6.07, 6.45) is 1.28. The highest BCUT2D eigenvalue weighted by atomic mass is 19.2. The summed E-state index contributed by atoms with van der Waals surface area (Å²) >= 11 is 0. The Bertz CT molecular complexity index is 769. The van der Waals surface area contributed by atoms with Crippen LogP contribution in [-0.2, 0) is 4.74 Å². The summed E-state index contributed by atoms with van der Waals surface area (Å²) in [4.78, 5) is 22.5. The van der Waals surface area contributed by atoms with E-state index in [-0.39, 0.29) is 11.4 Å². The summed E-state index contributed by atoms with van der Waals surface area (Å²) in [5.41, 5.74) is 0.271. The molecule has 0 atom stereocenters. The highest BCUT2D eigenvalue weighted by molar-refractivity contribution is 6.03. The normalized spacial score (nSPS) is 14.8. The van der Waals surface area contributed by atoms with Crippen molar-refractivity contribution in [3.63, 3.8) is 0 Å². The lowest BCUT2D eigenvalue weighted by Crippen LogP contribution is -2.39. The molecule has 0 saturated carbocycles. The fourth-order valence-electron chi connectivity index (χ4n) is 2.51. The van der Waals surface area contributed by atoms with E-state index in [1.165, 1.54) is 18.5 Å². The molecule has 0 radical (unpaired) electrons. The molecule has 1 amide bonds. The predicted octanol–water partition coefficient (Wildman–Crippen LogP) is 1.75. The number of amides is 1. The Balaban J connectivity index is 1.55.